The molecule has 8 heteroatoms. The second-order valence-corrected chi connectivity index (χ2v) is 5.14. The number of nitrogens with zero attached hydrogens (tertiary/aromatic N) is 1. The maximum Gasteiger partial charge on any atom is 0.247 e. The summed E-state index contributed by atoms with van der Waals surface area (Å²) in [5.74, 6) is 0.333. The Morgan fingerprint density at radius 1 is 1.33 bits per heavy atom. The third kappa shape index (κ3) is 4.25. The quantitative estimate of drug-likeness (QED) is 0.504. The number of carbonyl (C=O) groups is 2. The summed E-state index contributed by atoms with van der Waals surface area (Å²) in [5, 5.41) is 3.90. The van der Waals surface area contributed by atoms with Gasteiger partial charge in [-0.15, -0.1) is 0 Å². The molecule has 2 rings (SSSR count). The third-order valence-corrected chi connectivity index (χ3v) is 3.55. The molecule has 0 bridgehead atoms. The SMILES string of the molecule is C=C1NNC(=O)C1CCC(=O)NN=Cc1ccc(OC)c(OC)c1. The zero-order valence-electron chi connectivity index (χ0n) is 13.6. The third-order valence-electron chi connectivity index (χ3n) is 3.55. The summed E-state index contributed by atoms with van der Waals surface area (Å²) in [4.78, 5) is 23.3. The van der Waals surface area contributed by atoms with Crippen molar-refractivity contribution in [2.75, 3.05) is 14.2 Å². The van der Waals surface area contributed by atoms with Crippen molar-refractivity contribution in [3.8, 4) is 11.5 Å². The number of benzene rings is 1. The average molecular weight is 332 g/mol. The summed E-state index contributed by atoms with van der Waals surface area (Å²) in [6.45, 7) is 3.72. The van der Waals surface area contributed by atoms with Crippen LogP contribution in [0.4, 0.5) is 0 Å². The zero-order chi connectivity index (χ0) is 17.5. The Morgan fingerprint density at radius 3 is 2.71 bits per heavy atom. The number of hydrazine groups is 1. The summed E-state index contributed by atoms with van der Waals surface area (Å²) >= 11 is 0. The summed E-state index contributed by atoms with van der Waals surface area (Å²) in [6, 6.07) is 5.28. The van der Waals surface area contributed by atoms with E-state index in [0.717, 1.165) is 5.56 Å². The van der Waals surface area contributed by atoms with E-state index in [-0.39, 0.29) is 18.2 Å². The second kappa shape index (κ2) is 8.00. The maximum atomic E-state index is 11.8. The van der Waals surface area contributed by atoms with Crippen molar-refractivity contribution in [2.24, 2.45) is 11.0 Å². The molecule has 0 aliphatic carbocycles. The molecular weight excluding hydrogens is 312 g/mol. The molecule has 3 N–H and O–H groups in total. The lowest BCUT2D eigenvalue weighted by molar-refractivity contribution is -0.123. The van der Waals surface area contributed by atoms with Gasteiger partial charge in [-0.1, -0.05) is 6.58 Å². The van der Waals surface area contributed by atoms with Gasteiger partial charge in [0.1, 0.15) is 0 Å². The van der Waals surface area contributed by atoms with Gasteiger partial charge in [-0.2, -0.15) is 5.10 Å². The molecule has 1 fully saturated rings. The molecule has 128 valence electrons. The van der Waals surface area contributed by atoms with E-state index in [2.05, 4.69) is 28.0 Å². The number of nitrogens with one attached hydrogen (secondary N) is 3. The molecule has 1 heterocycles. The summed E-state index contributed by atoms with van der Waals surface area (Å²) < 4.78 is 10.3. The molecular formula is C16H20N4O4. The number of hydrogen-bond acceptors (Lipinski definition) is 6. The first-order valence-electron chi connectivity index (χ1n) is 7.33. The predicted octanol–water partition coefficient (Wildman–Crippen LogP) is 0.698. The van der Waals surface area contributed by atoms with Crippen molar-refractivity contribution < 1.29 is 19.1 Å². The van der Waals surface area contributed by atoms with E-state index in [1.54, 1.807) is 32.4 Å². The molecule has 1 saturated heterocycles. The largest absolute Gasteiger partial charge is 0.493 e. The Bertz CT molecular complexity index is 656. The first-order chi connectivity index (χ1) is 11.5. The molecule has 0 radical (unpaired) electrons. The van der Waals surface area contributed by atoms with Crippen LogP contribution in [-0.4, -0.2) is 32.2 Å². The number of hydrazone groups is 1. The lowest BCUT2D eigenvalue weighted by Gasteiger charge is -2.07. The summed E-state index contributed by atoms with van der Waals surface area (Å²) in [5.41, 5.74) is 8.86. The van der Waals surface area contributed by atoms with E-state index in [4.69, 9.17) is 9.47 Å². The lowest BCUT2D eigenvalue weighted by atomic mass is 10.0. The van der Waals surface area contributed by atoms with Gasteiger partial charge in [0.05, 0.1) is 26.4 Å². The van der Waals surface area contributed by atoms with E-state index in [1.165, 1.54) is 6.21 Å². The minimum atomic E-state index is -0.398. The Morgan fingerprint density at radius 2 is 2.08 bits per heavy atom. The molecule has 2 amide bonds. The molecule has 24 heavy (non-hydrogen) atoms. The second-order valence-electron chi connectivity index (χ2n) is 5.14. The minimum absolute atomic E-state index is 0.169. The first kappa shape index (κ1) is 17.3. The number of carbonyl (C=O) groups excluding carboxylic acids is 2. The molecule has 1 aliphatic heterocycles. The van der Waals surface area contributed by atoms with Gasteiger partial charge >= 0.3 is 0 Å². The van der Waals surface area contributed by atoms with E-state index >= 15 is 0 Å². The van der Waals surface area contributed by atoms with Gasteiger partial charge in [0.2, 0.25) is 11.8 Å². The smallest absolute Gasteiger partial charge is 0.247 e. The van der Waals surface area contributed by atoms with E-state index < -0.39 is 5.92 Å². The number of methoxy groups -OCH3 is 2. The van der Waals surface area contributed by atoms with Gasteiger partial charge in [0.15, 0.2) is 11.5 Å². The maximum absolute atomic E-state index is 11.8. The highest BCUT2D eigenvalue weighted by atomic mass is 16.5. The molecule has 0 spiro atoms. The van der Waals surface area contributed by atoms with E-state index in [0.29, 0.717) is 23.6 Å². The molecule has 1 aliphatic rings. The highest BCUT2D eigenvalue weighted by Gasteiger charge is 2.27. The van der Waals surface area contributed by atoms with Crippen LogP contribution < -0.4 is 25.8 Å². The van der Waals surface area contributed by atoms with Crippen LogP contribution in [0.15, 0.2) is 35.6 Å². The van der Waals surface area contributed by atoms with Crippen LogP contribution >= 0.6 is 0 Å². The highest BCUT2D eigenvalue weighted by Crippen LogP contribution is 2.26. The van der Waals surface area contributed by atoms with Gasteiger partial charge in [0, 0.05) is 12.1 Å². The van der Waals surface area contributed by atoms with E-state index in [9.17, 15) is 9.59 Å². The average Bonchev–Trinajstić information content (AvgIpc) is 2.91. The van der Waals surface area contributed by atoms with Crippen molar-refractivity contribution in [3.63, 3.8) is 0 Å². The minimum Gasteiger partial charge on any atom is -0.493 e. The number of hydrogen-bond donors (Lipinski definition) is 3. The molecule has 8 nitrogen and oxygen atoms in total. The Hall–Kier alpha value is -3.03. The summed E-state index contributed by atoms with van der Waals surface area (Å²) in [6.07, 6.45) is 2.04. The monoisotopic (exact) mass is 332 g/mol. The molecule has 1 aromatic carbocycles. The molecule has 1 unspecified atom stereocenters. The standard InChI is InChI=1S/C16H20N4O4/c1-10-12(16(22)20-18-10)5-7-15(21)19-17-9-11-4-6-13(23-2)14(8-11)24-3/h4,6,8-9,12,18H,1,5,7H2,2-3H3,(H,19,21)(H,20,22). The predicted molar refractivity (Wildman–Crippen MR) is 88.4 cm³/mol. The van der Waals surface area contributed by atoms with Crippen molar-refractivity contribution in [1.29, 1.82) is 0 Å². The van der Waals surface area contributed by atoms with Crippen molar-refractivity contribution in [1.82, 2.24) is 16.3 Å². The van der Waals surface area contributed by atoms with Crippen molar-refractivity contribution in [2.45, 2.75) is 12.8 Å². The van der Waals surface area contributed by atoms with Crippen LogP contribution in [0.2, 0.25) is 0 Å². The van der Waals surface area contributed by atoms with Crippen molar-refractivity contribution in [3.05, 3.63) is 36.0 Å². The number of ether oxygens (including phenoxy) is 2. The van der Waals surface area contributed by atoms with Gasteiger partial charge in [0.25, 0.3) is 0 Å². The van der Waals surface area contributed by atoms with Gasteiger partial charge in [-0.3, -0.25) is 15.0 Å². The summed E-state index contributed by atoms with van der Waals surface area (Å²) in [7, 11) is 3.10. The lowest BCUT2D eigenvalue weighted by Crippen LogP contribution is -2.26. The topological polar surface area (TPSA) is 101 Å². The normalized spacial score (nSPS) is 16.7. The van der Waals surface area contributed by atoms with Crippen LogP contribution in [-0.2, 0) is 9.59 Å². The Kier molecular flexibility index (Phi) is 5.78. The van der Waals surface area contributed by atoms with Crippen LogP contribution in [0, 0.1) is 5.92 Å². The van der Waals surface area contributed by atoms with Gasteiger partial charge in [-0.25, -0.2) is 5.43 Å². The van der Waals surface area contributed by atoms with E-state index in [1.807, 2.05) is 0 Å². The van der Waals surface area contributed by atoms with Crippen LogP contribution in [0.1, 0.15) is 18.4 Å². The van der Waals surface area contributed by atoms with Crippen LogP contribution in [0.5, 0.6) is 11.5 Å². The van der Waals surface area contributed by atoms with Gasteiger partial charge in [-0.05, 0) is 30.2 Å². The number of rotatable bonds is 7. The van der Waals surface area contributed by atoms with Crippen LogP contribution in [0.25, 0.3) is 0 Å². The molecule has 0 aromatic heterocycles. The van der Waals surface area contributed by atoms with Crippen LogP contribution in [0.3, 0.4) is 0 Å². The van der Waals surface area contributed by atoms with Gasteiger partial charge < -0.3 is 14.9 Å². The molecule has 0 saturated carbocycles. The molecule has 1 aromatic rings. The Labute approximate surface area is 139 Å². The fourth-order valence-corrected chi connectivity index (χ4v) is 2.22. The first-order valence-corrected chi connectivity index (χ1v) is 7.33. The number of amides is 2. The Balaban J connectivity index is 1.84. The zero-order valence-corrected chi connectivity index (χ0v) is 13.6. The highest BCUT2D eigenvalue weighted by molar-refractivity contribution is 5.85. The fourth-order valence-electron chi connectivity index (χ4n) is 2.22. The van der Waals surface area contributed by atoms with Crippen molar-refractivity contribution >= 4 is 18.0 Å². The molecule has 1 atom stereocenters. The fraction of sp³-hybridized carbons (Fsp3) is 0.312.